The number of anilines is 1. The van der Waals surface area contributed by atoms with Gasteiger partial charge < -0.3 is 10.3 Å². The molecule has 3 N–H and O–H groups in total. The summed E-state index contributed by atoms with van der Waals surface area (Å²) in [6, 6.07) is 13.1. The Morgan fingerprint density at radius 2 is 1.87 bits per heavy atom. The number of rotatable bonds is 6. The van der Waals surface area contributed by atoms with Gasteiger partial charge in [-0.05, 0) is 42.3 Å². The highest BCUT2D eigenvalue weighted by Gasteiger charge is 2.19. The van der Waals surface area contributed by atoms with E-state index in [2.05, 4.69) is 35.5 Å². The van der Waals surface area contributed by atoms with Crippen LogP contribution in [0, 0.1) is 11.6 Å². The summed E-state index contributed by atoms with van der Waals surface area (Å²) >= 11 is 0. The third-order valence-corrected chi connectivity index (χ3v) is 6.24. The molecule has 0 unspecified atom stereocenters. The second-order valence-electron chi connectivity index (χ2n) is 8.84. The third kappa shape index (κ3) is 4.15. The fourth-order valence-corrected chi connectivity index (χ4v) is 4.47. The van der Waals surface area contributed by atoms with Crippen LogP contribution < -0.4 is 5.32 Å². The molecule has 0 bridgehead atoms. The number of amides is 1. The number of benzene rings is 2. The van der Waals surface area contributed by atoms with Gasteiger partial charge in [-0.25, -0.2) is 18.7 Å². The highest BCUT2D eigenvalue weighted by Crippen LogP contribution is 2.34. The van der Waals surface area contributed by atoms with Crippen LogP contribution in [0.5, 0.6) is 0 Å². The van der Waals surface area contributed by atoms with Crippen LogP contribution >= 0.6 is 0 Å². The Bertz CT molecular complexity index is 1830. The molecule has 4 heterocycles. The molecule has 0 spiro atoms. The lowest BCUT2D eigenvalue weighted by molar-refractivity contribution is -0.116. The summed E-state index contributed by atoms with van der Waals surface area (Å²) in [5.41, 5.74) is 4.26. The maximum absolute atomic E-state index is 15.1. The third-order valence-electron chi connectivity index (χ3n) is 6.24. The Morgan fingerprint density at radius 1 is 1.00 bits per heavy atom. The molecule has 6 aromatic rings. The van der Waals surface area contributed by atoms with Crippen molar-refractivity contribution in [2.75, 3.05) is 5.32 Å². The summed E-state index contributed by atoms with van der Waals surface area (Å²) in [5.74, 6) is -0.620. The number of hydrogen-bond donors (Lipinski definition) is 3. The minimum absolute atomic E-state index is 0.113. The first kappa shape index (κ1) is 23.4. The minimum Gasteiger partial charge on any atom is -0.335 e. The molecule has 0 aliphatic carbocycles. The summed E-state index contributed by atoms with van der Waals surface area (Å²) in [7, 11) is 0. The molecular formula is C28H21F2N7O. The van der Waals surface area contributed by atoms with E-state index in [-0.39, 0.29) is 17.2 Å². The summed E-state index contributed by atoms with van der Waals surface area (Å²) < 4.78 is 29.7. The van der Waals surface area contributed by atoms with Crippen molar-refractivity contribution in [2.24, 2.45) is 0 Å². The van der Waals surface area contributed by atoms with E-state index in [0.29, 0.717) is 62.4 Å². The number of pyridine rings is 2. The zero-order valence-corrected chi connectivity index (χ0v) is 20.2. The van der Waals surface area contributed by atoms with E-state index < -0.39 is 5.82 Å². The minimum atomic E-state index is -0.526. The number of fused-ring (bicyclic) bond motifs is 2. The summed E-state index contributed by atoms with van der Waals surface area (Å²) in [6.45, 7) is 1.92. The number of imidazole rings is 1. The van der Waals surface area contributed by atoms with E-state index in [1.54, 1.807) is 55.0 Å². The van der Waals surface area contributed by atoms with Crippen LogP contribution in [0.25, 0.3) is 55.8 Å². The molecule has 188 valence electrons. The average molecular weight is 510 g/mol. The quantitative estimate of drug-likeness (QED) is 0.246. The van der Waals surface area contributed by atoms with E-state index in [4.69, 9.17) is 0 Å². The highest BCUT2D eigenvalue weighted by atomic mass is 19.1. The fourth-order valence-electron chi connectivity index (χ4n) is 4.47. The zero-order valence-electron chi connectivity index (χ0n) is 20.2. The van der Waals surface area contributed by atoms with Crippen LogP contribution in [-0.2, 0) is 4.79 Å². The molecule has 0 aliphatic rings. The number of nitrogens with zero attached hydrogens (tertiary/aromatic N) is 4. The lowest BCUT2D eigenvalue weighted by atomic mass is 10.0. The van der Waals surface area contributed by atoms with Crippen LogP contribution in [0.4, 0.5) is 14.5 Å². The molecule has 0 radical (unpaired) electrons. The van der Waals surface area contributed by atoms with Gasteiger partial charge >= 0.3 is 0 Å². The number of halogens is 2. The Hall–Kier alpha value is -4.99. The molecule has 1 amide bonds. The summed E-state index contributed by atoms with van der Waals surface area (Å²) in [6.07, 6.45) is 5.83. The van der Waals surface area contributed by atoms with E-state index in [0.717, 1.165) is 6.42 Å². The van der Waals surface area contributed by atoms with Gasteiger partial charge in [0.2, 0.25) is 5.91 Å². The van der Waals surface area contributed by atoms with Crippen molar-refractivity contribution >= 4 is 33.7 Å². The van der Waals surface area contributed by atoms with Gasteiger partial charge in [0.05, 0.1) is 17.4 Å². The second kappa shape index (κ2) is 9.47. The smallest absolute Gasteiger partial charge is 0.224 e. The second-order valence-corrected chi connectivity index (χ2v) is 8.84. The van der Waals surface area contributed by atoms with Crippen molar-refractivity contribution in [3.63, 3.8) is 0 Å². The number of H-pyrrole nitrogens is 2. The van der Waals surface area contributed by atoms with Crippen LogP contribution in [0.1, 0.15) is 19.8 Å². The normalized spacial score (nSPS) is 11.3. The summed E-state index contributed by atoms with van der Waals surface area (Å²) in [5, 5.41) is 10.3. The molecule has 0 atom stereocenters. The molecule has 38 heavy (non-hydrogen) atoms. The predicted octanol–water partition coefficient (Wildman–Crippen LogP) is 6.25. The van der Waals surface area contributed by atoms with Gasteiger partial charge in [-0.15, -0.1) is 0 Å². The highest BCUT2D eigenvalue weighted by molar-refractivity contribution is 5.98. The number of nitrogens with one attached hydrogen (secondary N) is 3. The Balaban J connectivity index is 1.44. The molecule has 0 fully saturated rings. The van der Waals surface area contributed by atoms with Crippen molar-refractivity contribution in [1.29, 1.82) is 0 Å². The van der Waals surface area contributed by atoms with Crippen molar-refractivity contribution in [1.82, 2.24) is 30.1 Å². The van der Waals surface area contributed by atoms with E-state index in [1.165, 1.54) is 12.1 Å². The first-order chi connectivity index (χ1) is 18.5. The van der Waals surface area contributed by atoms with Gasteiger partial charge in [0.15, 0.2) is 17.3 Å². The largest absolute Gasteiger partial charge is 0.335 e. The lowest BCUT2D eigenvalue weighted by Gasteiger charge is -2.07. The first-order valence-corrected chi connectivity index (χ1v) is 12.0. The van der Waals surface area contributed by atoms with Crippen LogP contribution in [0.2, 0.25) is 0 Å². The van der Waals surface area contributed by atoms with Crippen LogP contribution in [0.15, 0.2) is 67.1 Å². The van der Waals surface area contributed by atoms with Crippen molar-refractivity contribution in [3.05, 3.63) is 78.8 Å². The Morgan fingerprint density at radius 3 is 2.71 bits per heavy atom. The molecule has 4 aromatic heterocycles. The number of carbonyl (C=O) groups excluding carboxylic acids is 1. The molecule has 0 saturated carbocycles. The number of hydrogen-bond acceptors (Lipinski definition) is 5. The summed E-state index contributed by atoms with van der Waals surface area (Å²) in [4.78, 5) is 28.3. The molecule has 8 nitrogen and oxygen atoms in total. The topological polar surface area (TPSA) is 112 Å². The Labute approximate surface area is 215 Å². The monoisotopic (exact) mass is 509 g/mol. The molecule has 0 aliphatic heterocycles. The van der Waals surface area contributed by atoms with Crippen LogP contribution in [0.3, 0.4) is 0 Å². The van der Waals surface area contributed by atoms with Gasteiger partial charge in [0.1, 0.15) is 17.0 Å². The Kier molecular flexibility index (Phi) is 5.83. The number of carbonyl (C=O) groups is 1. The molecular weight excluding hydrogens is 488 g/mol. The van der Waals surface area contributed by atoms with Crippen molar-refractivity contribution in [3.8, 4) is 33.8 Å². The van der Waals surface area contributed by atoms with Gasteiger partial charge in [0, 0.05) is 40.9 Å². The lowest BCUT2D eigenvalue weighted by Crippen LogP contribution is -2.10. The maximum Gasteiger partial charge on any atom is 0.224 e. The zero-order chi connectivity index (χ0) is 26.2. The van der Waals surface area contributed by atoms with Gasteiger partial charge in [0.25, 0.3) is 0 Å². The number of aromatic amines is 2. The van der Waals surface area contributed by atoms with Gasteiger partial charge in [-0.3, -0.25) is 14.9 Å². The number of aromatic nitrogens is 6. The van der Waals surface area contributed by atoms with E-state index in [1.807, 2.05) is 6.92 Å². The average Bonchev–Trinajstić information content (AvgIpc) is 3.54. The molecule has 2 aromatic carbocycles. The standard InChI is InChI=1S/C28H21F2N7O/c1-2-5-23(38)33-17-10-16(13-31-14-17)15-11-20-24(22(30)12-15)36-37-26(20)28-34-25-19(8-9-32-27(25)35-28)18-6-3-4-7-21(18)29/h3-4,6-14H,2,5H2,1H3,(H,33,38)(H,36,37)(H,32,34,35). The van der Waals surface area contributed by atoms with E-state index >= 15 is 4.39 Å². The van der Waals surface area contributed by atoms with Gasteiger partial charge in [-0.2, -0.15) is 5.10 Å². The van der Waals surface area contributed by atoms with Crippen LogP contribution in [-0.4, -0.2) is 36.0 Å². The van der Waals surface area contributed by atoms with E-state index in [9.17, 15) is 9.18 Å². The fraction of sp³-hybridized carbons (Fsp3) is 0.107. The predicted molar refractivity (Wildman–Crippen MR) is 141 cm³/mol. The first-order valence-electron chi connectivity index (χ1n) is 12.0. The molecule has 0 saturated heterocycles. The molecule has 6 rings (SSSR count). The molecule has 10 heteroatoms. The maximum atomic E-state index is 15.1. The SMILES string of the molecule is CCCC(=O)Nc1cncc(-c2cc(F)c3n[nH]c(-c4nc5nccc(-c6ccccc6F)c5[nH]4)c3c2)c1. The van der Waals surface area contributed by atoms with Gasteiger partial charge in [-0.1, -0.05) is 25.1 Å². The van der Waals surface area contributed by atoms with Crippen molar-refractivity contribution in [2.45, 2.75) is 19.8 Å². The van der Waals surface area contributed by atoms with Crippen molar-refractivity contribution < 1.29 is 13.6 Å².